The van der Waals surface area contributed by atoms with Gasteiger partial charge in [-0.2, -0.15) is 0 Å². The van der Waals surface area contributed by atoms with Gasteiger partial charge in [0.1, 0.15) is 13.2 Å². The molecule has 1 N–H and O–H groups in total. The van der Waals surface area contributed by atoms with Gasteiger partial charge in [-0.15, -0.1) is 0 Å². The lowest BCUT2D eigenvalue weighted by atomic mass is 10.0. The Balaban J connectivity index is 4.06. The molecule has 0 aromatic carbocycles. The van der Waals surface area contributed by atoms with E-state index in [0.717, 1.165) is 109 Å². The van der Waals surface area contributed by atoms with Gasteiger partial charge < -0.3 is 28.5 Å². The van der Waals surface area contributed by atoms with Gasteiger partial charge in [0, 0.05) is 12.8 Å². The number of carbonyl (C=O) groups excluding carboxylic acids is 2. The first-order valence-electron chi connectivity index (χ1n) is 41.2. The maximum atomic E-state index is 13.0. The molecule has 0 aliphatic carbocycles. The van der Waals surface area contributed by atoms with E-state index in [0.29, 0.717) is 23.9 Å². The molecule has 0 bridgehead atoms. The minimum atomic E-state index is -1.52. The van der Waals surface area contributed by atoms with E-state index in [1.54, 1.807) is 0 Å². The lowest BCUT2D eigenvalue weighted by Gasteiger charge is -2.25. The standard InChI is InChI=1S/C89H155NO8/c1-6-8-10-12-14-16-18-20-22-24-26-28-30-32-34-36-38-40-41-42-43-44-45-46-47-48-50-52-54-56-58-60-62-64-66-68-70-72-74-76-78-80-87(92)98-85(84-97-89(88(93)94)95-82-81-90(3,4)5)83-96-86(91)79-77-75-73-71-69-67-65-63-61-59-57-55-53-51-49-39-37-35-33-31-29-27-25-23-21-19-17-15-13-11-9-7-2/h8,10,14,16,20,22,26,28,32,34,38,40,42-43,45-46,48,50,54,56,85,89H,6-7,9,11-13,15,17-19,21,23-25,27,29-31,33,35-37,39,41,44,47,49,51-53,55,57-84H2,1-5H3/p+1/b10-8-,16-14-,22-20-,28-26-,34-32-,40-38-,43-42-,46-45-,50-48-,56-54-. The number of hydrogen-bond acceptors (Lipinski definition) is 7. The van der Waals surface area contributed by atoms with Crippen LogP contribution in [0.5, 0.6) is 0 Å². The Bertz CT molecular complexity index is 2030. The number of carboxylic acid groups (broad SMARTS) is 1. The molecule has 0 spiro atoms. The molecule has 0 saturated carbocycles. The Kier molecular flexibility index (Phi) is 75.0. The van der Waals surface area contributed by atoms with Gasteiger partial charge in [-0.25, -0.2) is 4.79 Å². The summed E-state index contributed by atoms with van der Waals surface area (Å²) in [5, 5.41) is 9.78. The average molecular weight is 1370 g/mol. The van der Waals surface area contributed by atoms with Gasteiger partial charge in [0.05, 0.1) is 34.4 Å². The van der Waals surface area contributed by atoms with Crippen molar-refractivity contribution in [1.82, 2.24) is 0 Å². The largest absolute Gasteiger partial charge is 0.477 e. The third-order valence-electron chi connectivity index (χ3n) is 18.0. The van der Waals surface area contributed by atoms with Gasteiger partial charge in [-0.3, -0.25) is 9.59 Å². The number of allylic oxidation sites excluding steroid dienone is 20. The number of rotatable bonds is 76. The van der Waals surface area contributed by atoms with E-state index in [1.165, 1.54) is 225 Å². The van der Waals surface area contributed by atoms with Crippen molar-refractivity contribution in [1.29, 1.82) is 0 Å². The number of carbonyl (C=O) groups is 3. The predicted molar refractivity (Wildman–Crippen MR) is 424 cm³/mol. The number of quaternary nitrogens is 1. The zero-order valence-electron chi connectivity index (χ0n) is 64.7. The molecule has 0 rings (SSSR count). The molecule has 0 aliphatic rings. The Morgan fingerprint density at radius 1 is 0.316 bits per heavy atom. The predicted octanol–water partition coefficient (Wildman–Crippen LogP) is 26.6. The van der Waals surface area contributed by atoms with Crippen molar-refractivity contribution in [3.05, 3.63) is 122 Å². The highest BCUT2D eigenvalue weighted by Gasteiger charge is 2.25. The van der Waals surface area contributed by atoms with Gasteiger partial charge in [0.25, 0.3) is 6.29 Å². The van der Waals surface area contributed by atoms with Gasteiger partial charge >= 0.3 is 17.9 Å². The number of likely N-dealkylation sites (N-methyl/N-ethyl adjacent to an activating group) is 1. The Morgan fingerprint density at radius 3 is 0.867 bits per heavy atom. The van der Waals surface area contributed by atoms with Crippen molar-refractivity contribution in [3.8, 4) is 0 Å². The number of carboxylic acids is 1. The lowest BCUT2D eigenvalue weighted by Crippen LogP contribution is -2.40. The average Bonchev–Trinajstić information content (AvgIpc) is 1.40. The summed E-state index contributed by atoms with van der Waals surface area (Å²) in [6.45, 7) is 4.80. The molecular weight excluding hydrogens is 1210 g/mol. The molecule has 0 aliphatic heterocycles. The number of nitrogens with zero attached hydrogens (tertiary/aromatic N) is 1. The number of aliphatic carboxylic acids is 1. The second-order valence-electron chi connectivity index (χ2n) is 28.7. The molecule has 9 heteroatoms. The third kappa shape index (κ3) is 79.0. The molecule has 2 unspecified atom stereocenters. The molecule has 0 fully saturated rings. The number of ether oxygens (including phenoxy) is 4. The Morgan fingerprint density at radius 2 is 0.582 bits per heavy atom. The van der Waals surface area contributed by atoms with E-state index in [-0.39, 0.29) is 32.2 Å². The summed E-state index contributed by atoms with van der Waals surface area (Å²) < 4.78 is 23.1. The zero-order valence-corrected chi connectivity index (χ0v) is 64.7. The minimum Gasteiger partial charge on any atom is -0.477 e. The van der Waals surface area contributed by atoms with Crippen LogP contribution in [-0.4, -0.2) is 87.4 Å². The topological polar surface area (TPSA) is 108 Å². The van der Waals surface area contributed by atoms with Gasteiger partial charge in [0.2, 0.25) is 0 Å². The van der Waals surface area contributed by atoms with E-state index in [9.17, 15) is 19.5 Å². The van der Waals surface area contributed by atoms with Crippen LogP contribution >= 0.6 is 0 Å². The molecule has 0 amide bonds. The molecule has 2 atom stereocenters. The highest BCUT2D eigenvalue weighted by Crippen LogP contribution is 2.19. The second-order valence-corrected chi connectivity index (χ2v) is 28.7. The fourth-order valence-electron chi connectivity index (χ4n) is 11.8. The van der Waals surface area contributed by atoms with Crippen molar-refractivity contribution >= 4 is 17.9 Å². The fourth-order valence-corrected chi connectivity index (χ4v) is 11.8. The summed E-state index contributed by atoms with van der Waals surface area (Å²) in [5.74, 6) is -2.00. The quantitative estimate of drug-likeness (QED) is 0.0211. The van der Waals surface area contributed by atoms with E-state index < -0.39 is 24.3 Å². The van der Waals surface area contributed by atoms with Crippen molar-refractivity contribution in [2.45, 2.75) is 379 Å². The molecule has 9 nitrogen and oxygen atoms in total. The van der Waals surface area contributed by atoms with Crippen molar-refractivity contribution < 1.29 is 42.9 Å². The molecule has 0 aromatic heterocycles. The maximum absolute atomic E-state index is 13.0. The molecule has 98 heavy (non-hydrogen) atoms. The van der Waals surface area contributed by atoms with Gasteiger partial charge in [-0.05, 0) is 89.9 Å². The first kappa shape index (κ1) is 93.7. The van der Waals surface area contributed by atoms with E-state index >= 15 is 0 Å². The SMILES string of the molecule is CC/C=C\C/C=C\C/C=C\C/C=C\C/C=C\C/C=C\C/C=C\C/C=C\C/C=C\C/C=C\CCCCCCCCCCCCC(=O)OC(COC(=O)CCCCCCCCCCCCCCCCCCCCCCCCCCCCCCCCCC)COC(OCC[N+](C)(C)C)C(=O)O. The Hall–Kier alpha value is -4.31. The zero-order chi connectivity index (χ0) is 71.1. The van der Waals surface area contributed by atoms with Crippen LogP contribution in [0.4, 0.5) is 0 Å². The molecule has 0 saturated heterocycles. The van der Waals surface area contributed by atoms with Crippen LogP contribution in [0, 0.1) is 0 Å². The van der Waals surface area contributed by atoms with Crippen LogP contribution in [0.1, 0.15) is 367 Å². The molecular formula is C89H156NO8+. The summed E-state index contributed by atoms with van der Waals surface area (Å²) in [4.78, 5) is 37.8. The molecule has 0 aromatic rings. The first-order chi connectivity index (χ1) is 48.1. The second kappa shape index (κ2) is 78.4. The minimum absolute atomic E-state index is 0.184. The number of esters is 2. The van der Waals surface area contributed by atoms with Crippen molar-refractivity contribution in [3.63, 3.8) is 0 Å². The fraction of sp³-hybridized carbons (Fsp3) is 0.742. The monoisotopic (exact) mass is 1370 g/mol. The summed E-state index contributed by atoms with van der Waals surface area (Å²) >= 11 is 0. The maximum Gasteiger partial charge on any atom is 0.361 e. The van der Waals surface area contributed by atoms with Gasteiger partial charge in [-0.1, -0.05) is 386 Å². The molecule has 564 valence electrons. The normalized spacial score (nSPS) is 13.3. The van der Waals surface area contributed by atoms with Crippen LogP contribution in [0.3, 0.4) is 0 Å². The number of unbranched alkanes of at least 4 members (excludes halogenated alkanes) is 41. The summed E-state index contributed by atoms with van der Waals surface area (Å²) in [6, 6.07) is 0. The Labute approximate surface area is 606 Å². The van der Waals surface area contributed by atoms with E-state index in [2.05, 4.69) is 135 Å². The highest BCUT2D eigenvalue weighted by molar-refractivity contribution is 5.71. The van der Waals surface area contributed by atoms with E-state index in [1.807, 2.05) is 21.1 Å². The highest BCUT2D eigenvalue weighted by atomic mass is 16.7. The summed E-state index contributed by atoms with van der Waals surface area (Å²) in [5.41, 5.74) is 0. The van der Waals surface area contributed by atoms with Crippen LogP contribution in [-0.2, 0) is 33.3 Å². The van der Waals surface area contributed by atoms with Crippen LogP contribution < -0.4 is 0 Å². The van der Waals surface area contributed by atoms with Gasteiger partial charge in [0.15, 0.2) is 6.10 Å². The third-order valence-corrected chi connectivity index (χ3v) is 18.0. The lowest BCUT2D eigenvalue weighted by molar-refractivity contribution is -0.870. The van der Waals surface area contributed by atoms with E-state index in [4.69, 9.17) is 18.9 Å². The van der Waals surface area contributed by atoms with Crippen LogP contribution in [0.2, 0.25) is 0 Å². The van der Waals surface area contributed by atoms with Crippen molar-refractivity contribution in [2.75, 3.05) is 47.5 Å². The smallest absolute Gasteiger partial charge is 0.361 e. The summed E-state index contributed by atoms with van der Waals surface area (Å²) in [7, 11) is 5.99. The van der Waals surface area contributed by atoms with Crippen LogP contribution in [0.15, 0.2) is 122 Å². The molecule has 0 heterocycles. The first-order valence-corrected chi connectivity index (χ1v) is 41.2. The molecule has 0 radical (unpaired) electrons. The summed E-state index contributed by atoms with van der Waals surface area (Å²) in [6.07, 6.45) is 109. The number of hydrogen-bond donors (Lipinski definition) is 1. The van der Waals surface area contributed by atoms with Crippen molar-refractivity contribution in [2.24, 2.45) is 0 Å². The van der Waals surface area contributed by atoms with Crippen LogP contribution in [0.25, 0.3) is 0 Å².